The van der Waals surface area contributed by atoms with Gasteiger partial charge in [0.1, 0.15) is 29.1 Å². The number of halogens is 2. The second-order valence-electron chi connectivity index (χ2n) is 3.85. The van der Waals surface area contributed by atoms with Crippen molar-refractivity contribution in [1.82, 2.24) is 4.98 Å². The van der Waals surface area contributed by atoms with E-state index in [-0.39, 0.29) is 27.5 Å². The van der Waals surface area contributed by atoms with E-state index >= 15 is 0 Å². The molecule has 0 saturated heterocycles. The Balaban J connectivity index is 2.92. The smallest absolute Gasteiger partial charge is 0.268 e. The summed E-state index contributed by atoms with van der Waals surface area (Å²) in [6.45, 7) is 0. The molecule has 0 unspecified atom stereocenters. The lowest BCUT2D eigenvalue weighted by Crippen LogP contribution is -2.16. The molecule has 0 atom stereocenters. The number of H-pyrrole nitrogens is 1. The SMILES string of the molecule is N#Cc1c(N)[nH]c(=O)c(C#N)c1-c1ccc(Cl)c(Cl)c1. The Morgan fingerprint density at radius 1 is 1.10 bits per heavy atom. The Bertz CT molecular complexity index is 843. The summed E-state index contributed by atoms with van der Waals surface area (Å²) in [7, 11) is 0. The van der Waals surface area contributed by atoms with Crippen molar-refractivity contribution in [3.8, 4) is 23.3 Å². The summed E-state index contributed by atoms with van der Waals surface area (Å²) in [5.41, 5.74) is 5.34. The number of anilines is 1. The van der Waals surface area contributed by atoms with Crippen LogP contribution in [0, 0.1) is 22.7 Å². The van der Waals surface area contributed by atoms with Gasteiger partial charge < -0.3 is 10.7 Å². The number of nitrogens with two attached hydrogens (primary N) is 1. The average Bonchev–Trinajstić information content (AvgIpc) is 2.41. The number of benzene rings is 1. The van der Waals surface area contributed by atoms with Crippen LogP contribution in [0.1, 0.15) is 11.1 Å². The highest BCUT2D eigenvalue weighted by atomic mass is 35.5. The molecule has 0 amide bonds. The van der Waals surface area contributed by atoms with Gasteiger partial charge in [-0.1, -0.05) is 29.3 Å². The van der Waals surface area contributed by atoms with Crippen LogP contribution < -0.4 is 11.3 Å². The van der Waals surface area contributed by atoms with E-state index in [0.717, 1.165) is 0 Å². The molecule has 5 nitrogen and oxygen atoms in total. The van der Waals surface area contributed by atoms with E-state index in [9.17, 15) is 10.1 Å². The molecular formula is C13H6Cl2N4O. The highest BCUT2D eigenvalue weighted by Crippen LogP contribution is 2.32. The van der Waals surface area contributed by atoms with Crippen LogP contribution in [0.2, 0.25) is 10.0 Å². The van der Waals surface area contributed by atoms with Gasteiger partial charge in [-0.3, -0.25) is 4.79 Å². The molecule has 98 valence electrons. The van der Waals surface area contributed by atoms with E-state index in [4.69, 9.17) is 34.2 Å². The van der Waals surface area contributed by atoms with Crippen molar-refractivity contribution in [2.24, 2.45) is 0 Å². The van der Waals surface area contributed by atoms with Crippen molar-refractivity contribution in [2.45, 2.75) is 0 Å². The fraction of sp³-hybridized carbons (Fsp3) is 0. The fourth-order valence-electron chi connectivity index (χ4n) is 1.78. The predicted octanol–water partition coefficient (Wildman–Crippen LogP) is 2.67. The lowest BCUT2D eigenvalue weighted by atomic mass is 9.97. The van der Waals surface area contributed by atoms with Crippen LogP contribution in [0.3, 0.4) is 0 Å². The molecule has 20 heavy (non-hydrogen) atoms. The summed E-state index contributed by atoms with van der Waals surface area (Å²) in [6, 6.07) is 8.19. The van der Waals surface area contributed by atoms with E-state index in [1.54, 1.807) is 12.1 Å². The molecule has 2 aromatic rings. The Labute approximate surface area is 123 Å². The number of nitrogens with one attached hydrogen (secondary N) is 1. The van der Waals surface area contributed by atoms with E-state index in [0.29, 0.717) is 10.6 Å². The van der Waals surface area contributed by atoms with Gasteiger partial charge in [-0.25, -0.2) is 0 Å². The van der Waals surface area contributed by atoms with Crippen LogP contribution in [0.4, 0.5) is 5.82 Å². The van der Waals surface area contributed by atoms with Crippen molar-refractivity contribution in [1.29, 1.82) is 10.5 Å². The molecule has 1 aromatic heterocycles. The molecule has 3 N–H and O–H groups in total. The molecule has 2 rings (SSSR count). The number of hydrogen-bond donors (Lipinski definition) is 2. The zero-order valence-corrected chi connectivity index (χ0v) is 11.4. The van der Waals surface area contributed by atoms with Gasteiger partial charge in [-0.05, 0) is 17.7 Å². The summed E-state index contributed by atoms with van der Waals surface area (Å²) in [4.78, 5) is 14.0. The maximum absolute atomic E-state index is 11.8. The first-order chi connectivity index (χ1) is 9.49. The third-order valence-electron chi connectivity index (χ3n) is 2.68. The lowest BCUT2D eigenvalue weighted by molar-refractivity contribution is 1.21. The van der Waals surface area contributed by atoms with Crippen LogP contribution in [0.15, 0.2) is 23.0 Å². The monoisotopic (exact) mass is 304 g/mol. The van der Waals surface area contributed by atoms with Gasteiger partial charge in [0.2, 0.25) is 0 Å². The number of aromatic nitrogens is 1. The van der Waals surface area contributed by atoms with Gasteiger partial charge in [0, 0.05) is 5.56 Å². The summed E-state index contributed by atoms with van der Waals surface area (Å²) in [6.07, 6.45) is 0. The minimum atomic E-state index is -0.662. The third-order valence-corrected chi connectivity index (χ3v) is 3.42. The quantitative estimate of drug-likeness (QED) is 0.844. The maximum atomic E-state index is 11.8. The van der Waals surface area contributed by atoms with E-state index in [2.05, 4.69) is 4.98 Å². The van der Waals surface area contributed by atoms with Crippen molar-refractivity contribution in [3.05, 3.63) is 49.7 Å². The average molecular weight is 305 g/mol. The number of hydrogen-bond acceptors (Lipinski definition) is 4. The van der Waals surface area contributed by atoms with Crippen molar-refractivity contribution in [2.75, 3.05) is 5.73 Å². The van der Waals surface area contributed by atoms with Crippen LogP contribution in [-0.4, -0.2) is 4.98 Å². The molecule has 0 fully saturated rings. The Hall–Kier alpha value is -2.47. The molecular weight excluding hydrogens is 299 g/mol. The molecule has 0 bridgehead atoms. The number of aromatic amines is 1. The van der Waals surface area contributed by atoms with E-state index in [1.807, 2.05) is 6.07 Å². The highest BCUT2D eigenvalue weighted by molar-refractivity contribution is 6.42. The molecule has 1 aromatic carbocycles. The molecule has 0 aliphatic rings. The van der Waals surface area contributed by atoms with Gasteiger partial charge in [-0.15, -0.1) is 0 Å². The fourth-order valence-corrected chi connectivity index (χ4v) is 2.08. The maximum Gasteiger partial charge on any atom is 0.268 e. The standard InChI is InChI=1S/C13H6Cl2N4O/c14-9-2-1-6(3-10(9)15)11-7(4-16)12(18)19-13(20)8(11)5-17/h1-3H,(H3,18,19,20). The van der Waals surface area contributed by atoms with Crippen molar-refractivity contribution >= 4 is 29.0 Å². The Morgan fingerprint density at radius 2 is 1.75 bits per heavy atom. The van der Waals surface area contributed by atoms with Crippen molar-refractivity contribution < 1.29 is 0 Å². The van der Waals surface area contributed by atoms with Gasteiger partial charge in [0.05, 0.1) is 10.0 Å². The highest BCUT2D eigenvalue weighted by Gasteiger charge is 2.18. The second kappa shape index (κ2) is 5.26. The minimum Gasteiger partial charge on any atom is -0.384 e. The second-order valence-corrected chi connectivity index (χ2v) is 4.66. The number of nitrogens with zero attached hydrogens (tertiary/aromatic N) is 2. The third kappa shape index (κ3) is 2.21. The largest absolute Gasteiger partial charge is 0.384 e. The first-order valence-corrected chi connectivity index (χ1v) is 6.06. The van der Waals surface area contributed by atoms with Crippen LogP contribution in [-0.2, 0) is 0 Å². The summed E-state index contributed by atoms with van der Waals surface area (Å²) in [5, 5.41) is 18.9. The van der Waals surface area contributed by atoms with E-state index < -0.39 is 5.56 Å². The first-order valence-electron chi connectivity index (χ1n) is 5.31. The van der Waals surface area contributed by atoms with Gasteiger partial charge in [-0.2, -0.15) is 10.5 Å². The topological polar surface area (TPSA) is 106 Å². The minimum absolute atomic E-state index is 0.0135. The molecule has 0 radical (unpaired) electrons. The molecule has 0 aliphatic heterocycles. The van der Waals surface area contributed by atoms with E-state index in [1.165, 1.54) is 12.1 Å². The summed E-state index contributed by atoms with van der Waals surface area (Å²) < 4.78 is 0. The number of nitrogen functional groups attached to an aromatic ring is 1. The Kier molecular flexibility index (Phi) is 3.67. The summed E-state index contributed by atoms with van der Waals surface area (Å²) in [5.74, 6) is -0.0995. The molecule has 7 heteroatoms. The van der Waals surface area contributed by atoms with Crippen LogP contribution in [0.5, 0.6) is 0 Å². The van der Waals surface area contributed by atoms with Crippen LogP contribution >= 0.6 is 23.2 Å². The zero-order valence-electron chi connectivity index (χ0n) is 9.87. The Morgan fingerprint density at radius 3 is 2.30 bits per heavy atom. The normalized spacial score (nSPS) is 9.80. The number of pyridine rings is 1. The summed E-state index contributed by atoms with van der Waals surface area (Å²) >= 11 is 11.7. The first kappa shape index (κ1) is 14.0. The molecule has 0 aliphatic carbocycles. The molecule has 0 saturated carbocycles. The number of rotatable bonds is 1. The lowest BCUT2D eigenvalue weighted by Gasteiger charge is -2.09. The van der Waals surface area contributed by atoms with Crippen LogP contribution in [0.25, 0.3) is 11.1 Å². The molecule has 0 spiro atoms. The van der Waals surface area contributed by atoms with Gasteiger partial charge in [0.15, 0.2) is 0 Å². The zero-order chi connectivity index (χ0) is 14.9. The van der Waals surface area contributed by atoms with Gasteiger partial charge >= 0.3 is 0 Å². The number of nitriles is 2. The predicted molar refractivity (Wildman–Crippen MR) is 76.4 cm³/mol. The van der Waals surface area contributed by atoms with Gasteiger partial charge in [0.25, 0.3) is 5.56 Å². The molecule has 1 heterocycles. The van der Waals surface area contributed by atoms with Crippen molar-refractivity contribution in [3.63, 3.8) is 0 Å².